The minimum absolute atomic E-state index is 0.0409. The van der Waals surface area contributed by atoms with Crippen molar-refractivity contribution in [3.05, 3.63) is 29.1 Å². The lowest BCUT2D eigenvalue weighted by Gasteiger charge is -2.18. The van der Waals surface area contributed by atoms with Crippen molar-refractivity contribution in [3.63, 3.8) is 0 Å². The zero-order valence-electron chi connectivity index (χ0n) is 12.1. The van der Waals surface area contributed by atoms with Gasteiger partial charge in [0.2, 0.25) is 5.91 Å². The van der Waals surface area contributed by atoms with E-state index < -0.39 is 11.6 Å². The van der Waals surface area contributed by atoms with Crippen LogP contribution in [0.1, 0.15) is 35.7 Å². The van der Waals surface area contributed by atoms with Gasteiger partial charge >= 0.3 is 0 Å². The number of hydrogen-bond donors (Lipinski definition) is 2. The molecule has 0 heterocycles. The normalized spacial score (nSPS) is 14.3. The Hall–Kier alpha value is -1.95. The Morgan fingerprint density at radius 1 is 1.43 bits per heavy atom. The third-order valence-corrected chi connectivity index (χ3v) is 3.33. The molecule has 2 rings (SSSR count). The molecule has 0 saturated heterocycles. The second kappa shape index (κ2) is 6.22. The number of likely N-dealkylation sites (N-methyl/N-ethyl adjacent to an activating group) is 1. The Bertz CT molecular complexity index is 570. The van der Waals surface area contributed by atoms with Gasteiger partial charge in [-0.1, -0.05) is 0 Å². The molecule has 1 saturated carbocycles. The highest BCUT2D eigenvalue weighted by molar-refractivity contribution is 5.97. The Morgan fingerprint density at radius 3 is 2.67 bits per heavy atom. The fourth-order valence-electron chi connectivity index (χ4n) is 2.14. The summed E-state index contributed by atoms with van der Waals surface area (Å²) >= 11 is 0. The fraction of sp³-hybridized carbons (Fsp3) is 0.467. The molecular weight excluding hydrogens is 275 g/mol. The van der Waals surface area contributed by atoms with Crippen molar-refractivity contribution in [2.75, 3.05) is 13.6 Å². The van der Waals surface area contributed by atoms with Crippen molar-refractivity contribution >= 4 is 11.7 Å². The van der Waals surface area contributed by atoms with Gasteiger partial charge in [0.1, 0.15) is 11.6 Å². The van der Waals surface area contributed by atoms with Crippen LogP contribution in [0.3, 0.4) is 0 Å². The summed E-state index contributed by atoms with van der Waals surface area (Å²) in [4.78, 5) is 24.7. The average Bonchev–Trinajstić information content (AvgIpc) is 3.16. The predicted molar refractivity (Wildman–Crippen MR) is 75.6 cm³/mol. The molecule has 5 nitrogen and oxygen atoms in total. The number of benzene rings is 1. The van der Waals surface area contributed by atoms with E-state index in [-0.39, 0.29) is 36.4 Å². The molecule has 0 atom stereocenters. The molecule has 0 aliphatic heterocycles. The van der Waals surface area contributed by atoms with Crippen LogP contribution >= 0.6 is 0 Å². The van der Waals surface area contributed by atoms with Crippen LogP contribution in [0.2, 0.25) is 0 Å². The third-order valence-electron chi connectivity index (χ3n) is 3.33. The molecule has 1 amide bonds. The Balaban J connectivity index is 2.03. The van der Waals surface area contributed by atoms with Gasteiger partial charge in [-0.05, 0) is 38.9 Å². The minimum atomic E-state index is -0.580. The molecule has 21 heavy (non-hydrogen) atoms. The van der Waals surface area contributed by atoms with Crippen LogP contribution in [0.25, 0.3) is 0 Å². The van der Waals surface area contributed by atoms with E-state index in [1.54, 1.807) is 11.9 Å². The number of Topliss-reactive ketones (excluding diaryl/α,β-unsaturated/α-hetero) is 1. The van der Waals surface area contributed by atoms with E-state index >= 15 is 0 Å². The number of rotatable bonds is 6. The van der Waals surface area contributed by atoms with Crippen molar-refractivity contribution in [1.29, 1.82) is 0 Å². The van der Waals surface area contributed by atoms with Crippen LogP contribution in [-0.4, -0.2) is 41.3 Å². The zero-order valence-corrected chi connectivity index (χ0v) is 12.1. The maximum absolute atomic E-state index is 13.5. The van der Waals surface area contributed by atoms with Crippen LogP contribution in [-0.2, 0) is 11.3 Å². The topological polar surface area (TPSA) is 69.6 Å². The van der Waals surface area contributed by atoms with Gasteiger partial charge in [-0.25, -0.2) is 4.39 Å². The van der Waals surface area contributed by atoms with E-state index in [0.29, 0.717) is 5.56 Å². The van der Waals surface area contributed by atoms with Crippen molar-refractivity contribution in [2.45, 2.75) is 32.4 Å². The molecule has 0 aromatic heterocycles. The third kappa shape index (κ3) is 4.26. The van der Waals surface area contributed by atoms with Crippen molar-refractivity contribution in [1.82, 2.24) is 10.2 Å². The summed E-state index contributed by atoms with van der Waals surface area (Å²) < 4.78 is 13.5. The smallest absolute Gasteiger partial charge is 0.234 e. The molecule has 0 radical (unpaired) electrons. The number of carbonyl (C=O) groups excluding carboxylic acids is 2. The van der Waals surface area contributed by atoms with Crippen molar-refractivity contribution < 1.29 is 19.1 Å². The number of ketones is 1. The van der Waals surface area contributed by atoms with E-state index in [2.05, 4.69) is 5.32 Å². The van der Waals surface area contributed by atoms with Gasteiger partial charge in [-0.2, -0.15) is 0 Å². The van der Waals surface area contributed by atoms with Gasteiger partial charge in [-0.3, -0.25) is 14.5 Å². The molecule has 1 fully saturated rings. The van der Waals surface area contributed by atoms with Crippen molar-refractivity contribution in [3.8, 4) is 5.75 Å². The molecule has 6 heteroatoms. The van der Waals surface area contributed by atoms with E-state index in [1.807, 2.05) is 0 Å². The Kier molecular flexibility index (Phi) is 4.57. The lowest BCUT2D eigenvalue weighted by molar-refractivity contribution is -0.122. The highest BCUT2D eigenvalue weighted by atomic mass is 19.1. The molecule has 2 N–H and O–H groups in total. The first-order valence-electron chi connectivity index (χ1n) is 6.87. The van der Waals surface area contributed by atoms with Crippen LogP contribution in [0.4, 0.5) is 4.39 Å². The maximum atomic E-state index is 13.5. The number of carbonyl (C=O) groups is 2. The fourth-order valence-corrected chi connectivity index (χ4v) is 2.14. The molecule has 1 aliphatic rings. The first-order chi connectivity index (χ1) is 9.86. The lowest BCUT2D eigenvalue weighted by Crippen LogP contribution is -2.36. The molecule has 0 unspecified atom stereocenters. The number of nitrogens with zero attached hydrogens (tertiary/aromatic N) is 1. The second-order valence-electron chi connectivity index (χ2n) is 5.53. The van der Waals surface area contributed by atoms with E-state index in [1.165, 1.54) is 13.0 Å². The number of nitrogens with one attached hydrogen (secondary N) is 1. The number of phenols is 1. The van der Waals surface area contributed by atoms with Crippen LogP contribution in [0.5, 0.6) is 5.75 Å². The standard InChI is InChI=1S/C15H19FN2O3/c1-9(19)13-6-11(16)5-10(15(13)21)7-18(2)8-14(20)17-12-3-4-12/h5-6,12,21H,3-4,7-8H2,1-2H3,(H,17,20). The Labute approximate surface area is 122 Å². The number of halogens is 1. The quantitative estimate of drug-likeness (QED) is 0.779. The number of amides is 1. The van der Waals surface area contributed by atoms with Gasteiger partial charge < -0.3 is 10.4 Å². The summed E-state index contributed by atoms with van der Waals surface area (Å²) in [5.74, 6) is -1.30. The molecular formula is C15H19FN2O3. The summed E-state index contributed by atoms with van der Waals surface area (Å²) in [5, 5.41) is 12.9. The molecule has 1 aromatic carbocycles. The summed E-state index contributed by atoms with van der Waals surface area (Å²) in [6.45, 7) is 1.61. The van der Waals surface area contributed by atoms with Crippen molar-refractivity contribution in [2.24, 2.45) is 0 Å². The van der Waals surface area contributed by atoms with Crippen LogP contribution in [0.15, 0.2) is 12.1 Å². The minimum Gasteiger partial charge on any atom is -0.507 e. The lowest BCUT2D eigenvalue weighted by atomic mass is 10.1. The first kappa shape index (κ1) is 15.4. The molecule has 114 valence electrons. The molecule has 1 aromatic rings. The average molecular weight is 294 g/mol. The number of aromatic hydroxyl groups is 1. The van der Waals surface area contributed by atoms with Gasteiger partial charge in [0.15, 0.2) is 5.78 Å². The second-order valence-corrected chi connectivity index (χ2v) is 5.53. The van der Waals surface area contributed by atoms with Gasteiger partial charge in [-0.15, -0.1) is 0 Å². The van der Waals surface area contributed by atoms with E-state index in [4.69, 9.17) is 0 Å². The van der Waals surface area contributed by atoms with E-state index in [9.17, 15) is 19.1 Å². The molecule has 0 spiro atoms. The molecule has 1 aliphatic carbocycles. The number of phenolic OH excluding ortho intramolecular Hbond substituents is 1. The highest BCUT2D eigenvalue weighted by Gasteiger charge is 2.23. The first-order valence-corrected chi connectivity index (χ1v) is 6.87. The zero-order chi connectivity index (χ0) is 15.6. The Morgan fingerprint density at radius 2 is 2.10 bits per heavy atom. The largest absolute Gasteiger partial charge is 0.507 e. The van der Waals surface area contributed by atoms with Gasteiger partial charge in [0.25, 0.3) is 0 Å². The van der Waals surface area contributed by atoms with Crippen LogP contribution in [0, 0.1) is 5.82 Å². The summed E-state index contributed by atoms with van der Waals surface area (Å²) in [6.07, 6.45) is 2.03. The maximum Gasteiger partial charge on any atom is 0.234 e. The monoisotopic (exact) mass is 294 g/mol. The van der Waals surface area contributed by atoms with Gasteiger partial charge in [0.05, 0.1) is 12.1 Å². The SMILES string of the molecule is CC(=O)c1cc(F)cc(CN(C)CC(=O)NC2CC2)c1O. The molecule has 0 bridgehead atoms. The van der Waals surface area contributed by atoms with E-state index in [0.717, 1.165) is 18.9 Å². The predicted octanol–water partition coefficient (Wildman–Crippen LogP) is 1.44. The summed E-state index contributed by atoms with van der Waals surface area (Å²) in [6, 6.07) is 2.48. The highest BCUT2D eigenvalue weighted by Crippen LogP contribution is 2.25. The number of hydrogen-bond acceptors (Lipinski definition) is 4. The summed E-state index contributed by atoms with van der Waals surface area (Å²) in [7, 11) is 1.70. The summed E-state index contributed by atoms with van der Waals surface area (Å²) in [5.41, 5.74) is 0.253. The van der Waals surface area contributed by atoms with Crippen LogP contribution < -0.4 is 5.32 Å². The van der Waals surface area contributed by atoms with Gasteiger partial charge in [0, 0.05) is 18.2 Å².